The zero-order valence-corrected chi connectivity index (χ0v) is 21.2. The van der Waals surface area contributed by atoms with Crippen LogP contribution in [0.4, 0.5) is 10.8 Å². The van der Waals surface area contributed by atoms with Crippen molar-refractivity contribution in [2.45, 2.75) is 40.0 Å². The van der Waals surface area contributed by atoms with Gasteiger partial charge in [-0.2, -0.15) is 0 Å². The molecule has 0 aliphatic heterocycles. The van der Waals surface area contributed by atoms with E-state index in [0.29, 0.717) is 10.7 Å². The van der Waals surface area contributed by atoms with E-state index >= 15 is 0 Å². The Kier molecular flexibility index (Phi) is 6.54. The van der Waals surface area contributed by atoms with Crippen molar-refractivity contribution in [3.05, 3.63) is 99.1 Å². The third kappa shape index (κ3) is 5.30. The summed E-state index contributed by atoms with van der Waals surface area (Å²) in [6.45, 7) is 10.5. The number of nitro benzene ring substituents is 1. The number of carbonyl (C=O) groups is 1. The van der Waals surface area contributed by atoms with Crippen LogP contribution in [0.3, 0.4) is 0 Å². The first-order chi connectivity index (χ1) is 16.5. The summed E-state index contributed by atoms with van der Waals surface area (Å²) in [5.41, 5.74) is 6.44. The number of non-ortho nitro benzene ring substituents is 1. The van der Waals surface area contributed by atoms with Gasteiger partial charge in [-0.25, -0.2) is 4.98 Å². The first-order valence-electron chi connectivity index (χ1n) is 11.3. The van der Waals surface area contributed by atoms with E-state index in [1.807, 2.05) is 50.2 Å². The van der Waals surface area contributed by atoms with Crippen molar-refractivity contribution in [3.8, 4) is 21.7 Å². The molecule has 0 saturated heterocycles. The molecule has 0 radical (unpaired) electrons. The highest BCUT2D eigenvalue weighted by atomic mass is 32.1. The molecule has 0 atom stereocenters. The van der Waals surface area contributed by atoms with Crippen molar-refractivity contribution < 1.29 is 9.72 Å². The van der Waals surface area contributed by atoms with Gasteiger partial charge in [0.2, 0.25) is 0 Å². The summed E-state index contributed by atoms with van der Waals surface area (Å²) in [7, 11) is 0. The summed E-state index contributed by atoms with van der Waals surface area (Å²) < 4.78 is 0. The molecule has 35 heavy (non-hydrogen) atoms. The number of rotatable bonds is 5. The lowest BCUT2D eigenvalue weighted by Gasteiger charge is -2.18. The number of nitrogens with zero attached hydrogens (tertiary/aromatic N) is 2. The first kappa shape index (κ1) is 24.3. The molecule has 1 N–H and O–H groups in total. The fraction of sp³-hybridized carbons (Fsp3) is 0.214. The second-order valence-corrected chi connectivity index (χ2v) is 10.6. The number of nitrogens with one attached hydrogen (secondary N) is 1. The summed E-state index contributed by atoms with van der Waals surface area (Å²) in [6, 6.07) is 20.1. The van der Waals surface area contributed by atoms with Crippen LogP contribution in [0.2, 0.25) is 0 Å². The van der Waals surface area contributed by atoms with Crippen molar-refractivity contribution in [3.63, 3.8) is 0 Å². The zero-order valence-electron chi connectivity index (χ0n) is 20.4. The second kappa shape index (κ2) is 9.43. The van der Waals surface area contributed by atoms with E-state index in [-0.39, 0.29) is 17.0 Å². The molecule has 7 heteroatoms. The highest BCUT2D eigenvalue weighted by Gasteiger charge is 2.20. The minimum atomic E-state index is -0.419. The Morgan fingerprint density at radius 2 is 1.63 bits per heavy atom. The molecule has 0 aliphatic carbocycles. The van der Waals surface area contributed by atoms with Crippen LogP contribution in [0.15, 0.2) is 66.7 Å². The summed E-state index contributed by atoms with van der Waals surface area (Å²) in [4.78, 5) is 29.3. The molecule has 4 aromatic rings. The lowest BCUT2D eigenvalue weighted by molar-refractivity contribution is -0.384. The third-order valence-electron chi connectivity index (χ3n) is 5.84. The molecule has 1 amide bonds. The van der Waals surface area contributed by atoms with Gasteiger partial charge in [0.15, 0.2) is 5.13 Å². The lowest BCUT2D eigenvalue weighted by atomic mass is 9.87. The SMILES string of the molecule is Cc1ccc(-c2nc(NC(=O)c3ccc(C(C)(C)C)cc3)sc2-c2ccc([N+](=O)[O-])cc2)c(C)c1. The van der Waals surface area contributed by atoms with E-state index < -0.39 is 4.92 Å². The van der Waals surface area contributed by atoms with Gasteiger partial charge in [0.1, 0.15) is 0 Å². The van der Waals surface area contributed by atoms with Crippen LogP contribution >= 0.6 is 11.3 Å². The van der Waals surface area contributed by atoms with E-state index in [2.05, 4.69) is 32.2 Å². The number of carbonyl (C=O) groups excluding carboxylic acids is 1. The number of thiazole rings is 1. The van der Waals surface area contributed by atoms with Crippen molar-refractivity contribution in [1.82, 2.24) is 4.98 Å². The van der Waals surface area contributed by atoms with E-state index in [4.69, 9.17) is 4.98 Å². The number of amides is 1. The number of aromatic nitrogens is 1. The minimum absolute atomic E-state index is 0.00473. The fourth-order valence-corrected chi connectivity index (χ4v) is 4.84. The van der Waals surface area contributed by atoms with Gasteiger partial charge >= 0.3 is 0 Å². The second-order valence-electron chi connectivity index (χ2n) is 9.60. The molecule has 1 aromatic heterocycles. The predicted octanol–water partition coefficient (Wildman–Crippen LogP) is 7.55. The van der Waals surface area contributed by atoms with Gasteiger partial charge in [-0.15, -0.1) is 0 Å². The number of hydrogen-bond donors (Lipinski definition) is 1. The molecular weight excluding hydrogens is 458 g/mol. The van der Waals surface area contributed by atoms with Gasteiger partial charge < -0.3 is 0 Å². The van der Waals surface area contributed by atoms with Crippen LogP contribution < -0.4 is 5.32 Å². The van der Waals surface area contributed by atoms with Gasteiger partial charge in [-0.1, -0.05) is 68.0 Å². The van der Waals surface area contributed by atoms with Crippen molar-refractivity contribution in [2.24, 2.45) is 0 Å². The minimum Gasteiger partial charge on any atom is -0.298 e. The number of aryl methyl sites for hydroxylation is 2. The van der Waals surface area contributed by atoms with E-state index in [1.54, 1.807) is 12.1 Å². The standard InChI is InChI=1S/C28H27N3O3S/c1-17-6-15-23(18(2)16-17)24-25(19-9-13-22(14-10-19)31(33)34)35-27(29-24)30-26(32)20-7-11-21(12-8-20)28(3,4)5/h6-16H,1-5H3,(H,29,30,32). The Bertz CT molecular complexity index is 1400. The highest BCUT2D eigenvalue weighted by Crippen LogP contribution is 2.41. The van der Waals surface area contributed by atoms with Crippen molar-refractivity contribution in [1.29, 1.82) is 0 Å². The molecule has 4 rings (SSSR count). The van der Waals surface area contributed by atoms with E-state index in [0.717, 1.165) is 38.4 Å². The monoisotopic (exact) mass is 485 g/mol. The highest BCUT2D eigenvalue weighted by molar-refractivity contribution is 7.19. The first-order valence-corrected chi connectivity index (χ1v) is 12.1. The van der Waals surface area contributed by atoms with Gasteiger partial charge in [-0.3, -0.25) is 20.2 Å². The Morgan fingerprint density at radius 3 is 2.20 bits per heavy atom. The zero-order chi connectivity index (χ0) is 25.3. The Hall–Kier alpha value is -3.84. The molecular formula is C28H27N3O3S. The average molecular weight is 486 g/mol. The van der Waals surface area contributed by atoms with Crippen LogP contribution in [-0.2, 0) is 5.41 Å². The number of hydrogen-bond acceptors (Lipinski definition) is 5. The van der Waals surface area contributed by atoms with Crippen molar-refractivity contribution >= 4 is 28.1 Å². The number of nitro groups is 1. The summed E-state index contributed by atoms with van der Waals surface area (Å²) in [6.07, 6.45) is 0. The molecule has 0 bridgehead atoms. The van der Waals surface area contributed by atoms with Gasteiger partial charge in [0.25, 0.3) is 11.6 Å². The van der Waals surface area contributed by atoms with Crippen LogP contribution in [0, 0.1) is 24.0 Å². The van der Waals surface area contributed by atoms with Gasteiger partial charge in [0, 0.05) is 23.3 Å². The van der Waals surface area contributed by atoms with Crippen LogP contribution in [0.1, 0.15) is 47.8 Å². The largest absolute Gasteiger partial charge is 0.298 e. The van der Waals surface area contributed by atoms with E-state index in [9.17, 15) is 14.9 Å². The maximum Gasteiger partial charge on any atom is 0.269 e. The Labute approximate surface area is 208 Å². The Morgan fingerprint density at radius 1 is 0.971 bits per heavy atom. The molecule has 178 valence electrons. The summed E-state index contributed by atoms with van der Waals surface area (Å²) in [5, 5.41) is 14.5. The molecule has 1 heterocycles. The molecule has 0 fully saturated rings. The summed E-state index contributed by atoms with van der Waals surface area (Å²) in [5.74, 6) is -0.235. The summed E-state index contributed by atoms with van der Waals surface area (Å²) >= 11 is 1.35. The number of benzene rings is 3. The normalized spacial score (nSPS) is 11.3. The third-order valence-corrected chi connectivity index (χ3v) is 6.86. The average Bonchev–Trinajstić information content (AvgIpc) is 3.22. The van der Waals surface area contributed by atoms with Crippen LogP contribution in [0.25, 0.3) is 21.7 Å². The molecule has 0 unspecified atom stereocenters. The molecule has 0 saturated carbocycles. The van der Waals surface area contributed by atoms with Gasteiger partial charge in [0.05, 0.1) is 15.5 Å². The lowest BCUT2D eigenvalue weighted by Crippen LogP contribution is -2.14. The predicted molar refractivity (Wildman–Crippen MR) is 142 cm³/mol. The molecule has 6 nitrogen and oxygen atoms in total. The smallest absolute Gasteiger partial charge is 0.269 e. The quantitative estimate of drug-likeness (QED) is 0.234. The molecule has 0 aliphatic rings. The maximum atomic E-state index is 13.0. The molecule has 0 spiro atoms. The van der Waals surface area contributed by atoms with Crippen molar-refractivity contribution in [2.75, 3.05) is 5.32 Å². The Balaban J connectivity index is 1.71. The van der Waals surface area contributed by atoms with E-state index in [1.165, 1.54) is 23.5 Å². The van der Waals surface area contributed by atoms with Crippen LogP contribution in [-0.4, -0.2) is 15.8 Å². The topological polar surface area (TPSA) is 85.1 Å². The van der Waals surface area contributed by atoms with Crippen LogP contribution in [0.5, 0.6) is 0 Å². The van der Waals surface area contributed by atoms with Gasteiger partial charge in [-0.05, 0) is 60.2 Å². The molecule has 3 aromatic carbocycles. The maximum absolute atomic E-state index is 13.0. The fourth-order valence-electron chi connectivity index (χ4n) is 3.86. The number of anilines is 1.